The summed E-state index contributed by atoms with van der Waals surface area (Å²) < 4.78 is 0. The maximum absolute atomic E-state index is 9.59. The van der Waals surface area contributed by atoms with Crippen LogP contribution in [0.3, 0.4) is 0 Å². The number of para-hydroxylation sites is 1. The van der Waals surface area contributed by atoms with E-state index in [9.17, 15) is 10.2 Å². The van der Waals surface area contributed by atoms with Crippen LogP contribution < -0.4 is 5.73 Å². The van der Waals surface area contributed by atoms with Crippen LogP contribution in [0.5, 0.6) is 11.5 Å². The van der Waals surface area contributed by atoms with Gasteiger partial charge < -0.3 is 15.9 Å². The van der Waals surface area contributed by atoms with Gasteiger partial charge >= 0.3 is 0 Å². The lowest BCUT2D eigenvalue weighted by Crippen LogP contribution is -2.10. The molecule has 1 aromatic carbocycles. The Morgan fingerprint density at radius 1 is 1.25 bits per heavy atom. The maximum atomic E-state index is 9.59. The van der Waals surface area contributed by atoms with Crippen molar-refractivity contribution in [1.82, 2.24) is 0 Å². The highest BCUT2D eigenvalue weighted by molar-refractivity contribution is 5.85. The molecule has 0 heterocycles. The number of halogens is 1. The first kappa shape index (κ1) is 15.1. The number of hydrogen-bond acceptors (Lipinski definition) is 3. The molecule has 0 radical (unpaired) electrons. The third-order valence-corrected chi connectivity index (χ3v) is 2.56. The predicted molar refractivity (Wildman–Crippen MR) is 68.1 cm³/mol. The van der Waals surface area contributed by atoms with E-state index in [1.165, 1.54) is 6.07 Å². The molecule has 1 rings (SSSR count). The molecular formula is C12H20ClNO2. The second kappa shape index (κ2) is 7.36. The molecule has 1 aromatic rings. The number of phenols is 2. The molecule has 0 amide bonds. The summed E-state index contributed by atoms with van der Waals surface area (Å²) in [7, 11) is 0. The summed E-state index contributed by atoms with van der Waals surface area (Å²) in [6.45, 7) is 2.14. The Hall–Kier alpha value is -0.930. The molecule has 3 nitrogen and oxygen atoms in total. The van der Waals surface area contributed by atoms with Crippen LogP contribution in [-0.4, -0.2) is 10.2 Å². The number of benzene rings is 1. The Bertz CT molecular complexity index is 318. The Kier molecular flexibility index (Phi) is 6.93. The van der Waals surface area contributed by atoms with Gasteiger partial charge in [0.15, 0.2) is 11.5 Å². The van der Waals surface area contributed by atoms with Gasteiger partial charge in [-0.3, -0.25) is 0 Å². The zero-order valence-corrected chi connectivity index (χ0v) is 10.3. The first-order chi connectivity index (χ1) is 7.16. The molecular weight excluding hydrogens is 226 g/mol. The van der Waals surface area contributed by atoms with Crippen LogP contribution in [0.1, 0.15) is 44.2 Å². The van der Waals surface area contributed by atoms with Crippen molar-refractivity contribution in [2.45, 2.75) is 38.6 Å². The van der Waals surface area contributed by atoms with Gasteiger partial charge in [0.2, 0.25) is 0 Å². The van der Waals surface area contributed by atoms with Crippen LogP contribution in [-0.2, 0) is 0 Å². The lowest BCUT2D eigenvalue weighted by atomic mass is 10.00. The Morgan fingerprint density at radius 3 is 2.56 bits per heavy atom. The monoisotopic (exact) mass is 245 g/mol. The summed E-state index contributed by atoms with van der Waals surface area (Å²) in [6.07, 6.45) is 4.18. The normalized spacial score (nSPS) is 11.9. The van der Waals surface area contributed by atoms with Gasteiger partial charge in [0, 0.05) is 11.6 Å². The fourth-order valence-electron chi connectivity index (χ4n) is 1.62. The molecule has 0 fully saturated rings. The van der Waals surface area contributed by atoms with E-state index in [-0.39, 0.29) is 29.9 Å². The minimum absolute atomic E-state index is 0. The smallest absolute Gasteiger partial charge is 0.162 e. The Balaban J connectivity index is 0.00000225. The molecule has 0 aliphatic rings. The van der Waals surface area contributed by atoms with E-state index in [4.69, 9.17) is 5.73 Å². The molecule has 4 N–H and O–H groups in total. The van der Waals surface area contributed by atoms with Gasteiger partial charge in [-0.1, -0.05) is 38.3 Å². The molecule has 0 aromatic heterocycles. The molecule has 0 aliphatic heterocycles. The summed E-state index contributed by atoms with van der Waals surface area (Å²) in [5.41, 5.74) is 6.57. The second-order valence-corrected chi connectivity index (χ2v) is 3.82. The largest absolute Gasteiger partial charge is 0.504 e. The highest BCUT2D eigenvalue weighted by Gasteiger charge is 2.12. The number of rotatable bonds is 5. The summed E-state index contributed by atoms with van der Waals surface area (Å²) in [5.74, 6) is -0.181. The predicted octanol–water partition coefficient (Wildman–Crippen LogP) is 3.10. The van der Waals surface area contributed by atoms with Crippen molar-refractivity contribution in [2.75, 3.05) is 0 Å². The van der Waals surface area contributed by atoms with Crippen molar-refractivity contribution in [1.29, 1.82) is 0 Å². The fourth-order valence-corrected chi connectivity index (χ4v) is 1.62. The molecule has 4 heteroatoms. The number of phenolic OH excluding ortho intramolecular Hbond substituents is 2. The number of aromatic hydroxyl groups is 2. The molecule has 0 saturated carbocycles. The summed E-state index contributed by atoms with van der Waals surface area (Å²) in [4.78, 5) is 0. The van der Waals surface area contributed by atoms with E-state index < -0.39 is 0 Å². The van der Waals surface area contributed by atoms with Crippen LogP contribution >= 0.6 is 12.4 Å². The average molecular weight is 246 g/mol. The van der Waals surface area contributed by atoms with Crippen LogP contribution in [0.15, 0.2) is 18.2 Å². The number of unbranched alkanes of at least 4 members (excludes halogenated alkanes) is 2. The highest BCUT2D eigenvalue weighted by Crippen LogP contribution is 2.33. The van der Waals surface area contributed by atoms with Gasteiger partial charge in [0.1, 0.15) is 0 Å². The minimum atomic E-state index is -0.191. The third-order valence-electron chi connectivity index (χ3n) is 2.56. The molecule has 0 saturated heterocycles. The van der Waals surface area contributed by atoms with Crippen molar-refractivity contribution >= 4 is 12.4 Å². The van der Waals surface area contributed by atoms with Crippen LogP contribution in [0, 0.1) is 0 Å². The summed E-state index contributed by atoms with van der Waals surface area (Å²) in [6, 6.07) is 4.72. The molecule has 0 bridgehead atoms. The minimum Gasteiger partial charge on any atom is -0.504 e. The first-order valence-corrected chi connectivity index (χ1v) is 5.43. The second-order valence-electron chi connectivity index (χ2n) is 3.82. The topological polar surface area (TPSA) is 66.5 Å². The fraction of sp³-hybridized carbons (Fsp3) is 0.500. The van der Waals surface area contributed by atoms with Gasteiger partial charge in [-0.2, -0.15) is 0 Å². The molecule has 1 atom stereocenters. The van der Waals surface area contributed by atoms with E-state index in [0.717, 1.165) is 25.7 Å². The van der Waals surface area contributed by atoms with Crippen LogP contribution in [0.4, 0.5) is 0 Å². The van der Waals surface area contributed by atoms with Crippen molar-refractivity contribution in [3.63, 3.8) is 0 Å². The van der Waals surface area contributed by atoms with Crippen molar-refractivity contribution in [3.05, 3.63) is 23.8 Å². The highest BCUT2D eigenvalue weighted by atomic mass is 35.5. The maximum Gasteiger partial charge on any atom is 0.162 e. The van der Waals surface area contributed by atoms with Crippen molar-refractivity contribution < 1.29 is 10.2 Å². The molecule has 0 spiro atoms. The zero-order valence-electron chi connectivity index (χ0n) is 9.52. The molecule has 0 unspecified atom stereocenters. The first-order valence-electron chi connectivity index (χ1n) is 5.43. The van der Waals surface area contributed by atoms with Crippen LogP contribution in [0.25, 0.3) is 0 Å². The number of hydrogen-bond donors (Lipinski definition) is 3. The summed E-state index contributed by atoms with van der Waals surface area (Å²) >= 11 is 0. The quantitative estimate of drug-likeness (QED) is 0.552. The molecule has 92 valence electrons. The van der Waals surface area contributed by atoms with E-state index in [1.54, 1.807) is 12.1 Å². The molecule has 0 aliphatic carbocycles. The third kappa shape index (κ3) is 3.91. The average Bonchev–Trinajstić information content (AvgIpc) is 2.22. The van der Waals surface area contributed by atoms with E-state index in [0.29, 0.717) is 5.56 Å². The standard InChI is InChI=1S/C12H19NO2.ClH/c1-2-3-4-7-10(13)9-6-5-8-11(14)12(9)15;/h5-6,8,10,14-15H,2-4,7,13H2,1H3;1H/t10-;/m1./s1. The van der Waals surface area contributed by atoms with E-state index in [2.05, 4.69) is 6.92 Å². The van der Waals surface area contributed by atoms with Gasteiger partial charge in [0.05, 0.1) is 0 Å². The lowest BCUT2D eigenvalue weighted by molar-refractivity contribution is 0.394. The zero-order chi connectivity index (χ0) is 11.3. The van der Waals surface area contributed by atoms with E-state index in [1.807, 2.05) is 0 Å². The van der Waals surface area contributed by atoms with E-state index >= 15 is 0 Å². The summed E-state index contributed by atoms with van der Waals surface area (Å²) in [5, 5.41) is 18.9. The Morgan fingerprint density at radius 2 is 1.94 bits per heavy atom. The van der Waals surface area contributed by atoms with Gasteiger partial charge in [-0.25, -0.2) is 0 Å². The lowest BCUT2D eigenvalue weighted by Gasteiger charge is -2.13. The van der Waals surface area contributed by atoms with Gasteiger partial charge in [-0.05, 0) is 12.5 Å². The van der Waals surface area contributed by atoms with Crippen LogP contribution in [0.2, 0.25) is 0 Å². The van der Waals surface area contributed by atoms with Crippen molar-refractivity contribution in [3.8, 4) is 11.5 Å². The molecule has 16 heavy (non-hydrogen) atoms. The van der Waals surface area contributed by atoms with Crippen molar-refractivity contribution in [2.24, 2.45) is 5.73 Å². The Labute approximate surface area is 103 Å². The SMILES string of the molecule is CCCCC[C@@H](N)c1cccc(O)c1O.Cl. The number of nitrogens with two attached hydrogens (primary N) is 1. The van der Waals surface area contributed by atoms with Gasteiger partial charge in [-0.15, -0.1) is 12.4 Å². The van der Waals surface area contributed by atoms with Gasteiger partial charge in [0.25, 0.3) is 0 Å².